The Labute approximate surface area is 117 Å². The van der Waals surface area contributed by atoms with Crippen LogP contribution in [-0.4, -0.2) is 8.07 Å². The van der Waals surface area contributed by atoms with Gasteiger partial charge in [-0.2, -0.15) is 0 Å². The Kier molecular flexibility index (Phi) is 12.7. The van der Waals surface area contributed by atoms with Crippen molar-refractivity contribution in [3.05, 3.63) is 19.2 Å². The van der Waals surface area contributed by atoms with Crippen molar-refractivity contribution >= 4 is 8.07 Å². The van der Waals surface area contributed by atoms with Gasteiger partial charge in [0.1, 0.15) is 0 Å². The van der Waals surface area contributed by atoms with E-state index >= 15 is 0 Å². The van der Waals surface area contributed by atoms with Gasteiger partial charge in [0.15, 0.2) is 0 Å². The molecule has 0 nitrogen and oxygen atoms in total. The summed E-state index contributed by atoms with van der Waals surface area (Å²) in [5.41, 5.74) is 2.22. The maximum absolute atomic E-state index is 4.12. The number of hydrogen-bond acceptors (Lipinski definition) is 0. The molecule has 0 aromatic rings. The predicted molar refractivity (Wildman–Crippen MR) is 74.7 cm³/mol. The van der Waals surface area contributed by atoms with E-state index in [-0.39, 0.29) is 19.5 Å². The van der Waals surface area contributed by atoms with Crippen LogP contribution in [0.15, 0.2) is 12.3 Å². The Bertz CT molecular complexity index is 166. The fraction of sp³-hybridized carbons (Fsp3) is 0.786. The van der Waals surface area contributed by atoms with E-state index in [4.69, 9.17) is 0 Å². The van der Waals surface area contributed by atoms with Gasteiger partial charge in [0.05, 0.1) is 8.07 Å². The summed E-state index contributed by atoms with van der Waals surface area (Å²) >= 11 is 0. The second kappa shape index (κ2) is 10.7. The molecule has 0 aromatic heterocycles. The molecular weight excluding hydrogens is 262 g/mol. The van der Waals surface area contributed by atoms with E-state index in [0.29, 0.717) is 5.92 Å². The molecule has 0 fully saturated rings. The van der Waals surface area contributed by atoms with Gasteiger partial charge in [-0.1, -0.05) is 71.5 Å². The molecule has 0 bridgehead atoms. The Hall–Kier alpha value is 0.580. The van der Waals surface area contributed by atoms with Crippen LogP contribution < -0.4 is 0 Å². The summed E-state index contributed by atoms with van der Waals surface area (Å²) in [5.74, 6) is 0.684. The third-order valence-corrected chi connectivity index (χ3v) is 6.06. The fourth-order valence-electron chi connectivity index (χ4n) is 1.67. The normalized spacial score (nSPS) is 13.0. The van der Waals surface area contributed by atoms with E-state index in [1.165, 1.54) is 44.6 Å². The average molecular weight is 291 g/mol. The van der Waals surface area contributed by atoms with Crippen molar-refractivity contribution in [3.63, 3.8) is 0 Å². The van der Waals surface area contributed by atoms with Crippen molar-refractivity contribution in [2.45, 2.75) is 64.6 Å². The van der Waals surface area contributed by atoms with Gasteiger partial charge in [0.25, 0.3) is 0 Å². The van der Waals surface area contributed by atoms with Crippen LogP contribution in [0.2, 0.25) is 19.1 Å². The third kappa shape index (κ3) is 11.1. The topological polar surface area (TPSA) is 0 Å². The molecule has 0 aliphatic heterocycles. The predicted octanol–water partition coefficient (Wildman–Crippen LogP) is 5.23. The molecule has 1 unspecified atom stereocenters. The van der Waals surface area contributed by atoms with Crippen LogP contribution in [0.5, 0.6) is 0 Å². The summed E-state index contributed by atoms with van der Waals surface area (Å²) in [6.45, 7) is 15.1. The largest absolute Gasteiger partial charge is 0.107 e. The van der Waals surface area contributed by atoms with Gasteiger partial charge in [-0.15, -0.1) is 12.3 Å². The zero-order valence-electron chi connectivity index (χ0n) is 11.7. The third-order valence-electron chi connectivity index (χ3n) is 3.31. The van der Waals surface area contributed by atoms with Crippen LogP contribution >= 0.6 is 0 Å². The van der Waals surface area contributed by atoms with Crippen molar-refractivity contribution < 1.29 is 19.5 Å². The van der Waals surface area contributed by atoms with Gasteiger partial charge >= 0.3 is 0 Å². The summed E-state index contributed by atoms with van der Waals surface area (Å²) in [4.78, 5) is 0. The van der Waals surface area contributed by atoms with Gasteiger partial charge < -0.3 is 0 Å². The van der Waals surface area contributed by atoms with Gasteiger partial charge in [-0.05, 0) is 5.92 Å². The van der Waals surface area contributed by atoms with Crippen molar-refractivity contribution in [3.8, 4) is 0 Å². The van der Waals surface area contributed by atoms with E-state index in [1.807, 2.05) is 0 Å². The number of hydrogen-bond donors (Lipinski definition) is 0. The van der Waals surface area contributed by atoms with Gasteiger partial charge in [0.2, 0.25) is 0 Å². The molecule has 0 rings (SSSR count). The Morgan fingerprint density at radius 1 is 1.12 bits per heavy atom. The van der Waals surface area contributed by atoms with E-state index < -0.39 is 8.07 Å². The van der Waals surface area contributed by atoms with Crippen molar-refractivity contribution in [1.29, 1.82) is 0 Å². The summed E-state index contributed by atoms with van der Waals surface area (Å²) in [6.07, 6.45) is 8.13. The summed E-state index contributed by atoms with van der Waals surface area (Å²) in [6, 6.07) is 1.41. The number of unbranched alkanes of at least 4 members (excludes halogenated alkanes) is 3. The minimum absolute atomic E-state index is 0. The molecule has 0 aliphatic carbocycles. The molecule has 0 saturated carbocycles. The monoisotopic (exact) mass is 289 g/mol. The van der Waals surface area contributed by atoms with Crippen LogP contribution in [0.1, 0.15) is 45.4 Å². The SMILES string of the molecule is [CH2]C(CC)CCCCCC[Si](C)(C)C=C.[Zn]. The first-order valence-corrected chi connectivity index (χ1v) is 9.77. The van der Waals surface area contributed by atoms with E-state index in [9.17, 15) is 0 Å². The minimum Gasteiger partial charge on any atom is -0.107 e. The summed E-state index contributed by atoms with van der Waals surface area (Å²) in [5, 5.41) is 0. The molecule has 16 heavy (non-hydrogen) atoms. The van der Waals surface area contributed by atoms with Crippen molar-refractivity contribution in [1.82, 2.24) is 0 Å². The van der Waals surface area contributed by atoms with E-state index in [1.54, 1.807) is 0 Å². The molecule has 0 spiro atoms. The van der Waals surface area contributed by atoms with Crippen LogP contribution in [0, 0.1) is 12.8 Å². The molecule has 0 aromatic carbocycles. The van der Waals surface area contributed by atoms with Crippen LogP contribution in [-0.2, 0) is 19.5 Å². The molecule has 0 heterocycles. The molecule has 1 radical (unpaired) electrons. The second-order valence-corrected chi connectivity index (χ2v) is 10.3. The molecule has 0 amide bonds. The average Bonchev–Trinajstić information content (AvgIpc) is 2.22. The zero-order chi connectivity index (χ0) is 11.7. The molecule has 0 saturated heterocycles. The Balaban J connectivity index is 0. The Morgan fingerprint density at radius 2 is 1.69 bits per heavy atom. The summed E-state index contributed by atoms with van der Waals surface area (Å²) in [7, 11) is -1.01. The van der Waals surface area contributed by atoms with Gasteiger partial charge in [0, 0.05) is 19.5 Å². The fourth-order valence-corrected chi connectivity index (χ4v) is 3.04. The molecule has 1 atom stereocenters. The first-order valence-electron chi connectivity index (χ1n) is 6.48. The first kappa shape index (κ1) is 18.9. The van der Waals surface area contributed by atoms with E-state index in [2.05, 4.69) is 39.2 Å². The molecule has 0 N–H and O–H groups in total. The van der Waals surface area contributed by atoms with Crippen LogP contribution in [0.4, 0.5) is 0 Å². The minimum atomic E-state index is -1.01. The second-order valence-electron chi connectivity index (χ2n) is 5.42. The molecule has 2 heteroatoms. The first-order chi connectivity index (χ1) is 7.02. The van der Waals surface area contributed by atoms with Crippen molar-refractivity contribution in [2.75, 3.05) is 0 Å². The van der Waals surface area contributed by atoms with Gasteiger partial charge in [-0.3, -0.25) is 0 Å². The molecular formula is C14H29SiZn. The zero-order valence-corrected chi connectivity index (χ0v) is 15.7. The van der Waals surface area contributed by atoms with Crippen LogP contribution in [0.3, 0.4) is 0 Å². The van der Waals surface area contributed by atoms with Gasteiger partial charge in [-0.25, -0.2) is 0 Å². The summed E-state index contributed by atoms with van der Waals surface area (Å²) < 4.78 is 0. The molecule has 91 valence electrons. The van der Waals surface area contributed by atoms with Crippen LogP contribution in [0.25, 0.3) is 0 Å². The number of rotatable bonds is 9. The quantitative estimate of drug-likeness (QED) is 0.403. The Morgan fingerprint density at radius 3 is 2.19 bits per heavy atom. The maximum Gasteiger partial charge on any atom is 0.0709 e. The molecule has 0 aliphatic rings. The maximum atomic E-state index is 4.12. The smallest absolute Gasteiger partial charge is 0.0709 e. The van der Waals surface area contributed by atoms with Crippen molar-refractivity contribution in [2.24, 2.45) is 5.92 Å². The standard InChI is InChI=1S/C14H29Si.Zn/c1-6-14(3)12-10-8-9-11-13-15(4,5)7-2;/h7,14H,2-3,6,8-13H2,1,4-5H3;. The van der Waals surface area contributed by atoms with E-state index in [0.717, 1.165) is 0 Å².